The summed E-state index contributed by atoms with van der Waals surface area (Å²) in [5.41, 5.74) is -2.03. The first kappa shape index (κ1) is 11.7. The standard InChI is InChI=1S/C8H9F3O2/c1-4-13-7(12)5(2)6(3)8(9,10)11/h2-4H2,1H3. The Morgan fingerprint density at radius 3 is 2.15 bits per heavy atom. The van der Waals surface area contributed by atoms with Crippen LogP contribution in [0.3, 0.4) is 0 Å². The first-order valence-electron chi connectivity index (χ1n) is 3.43. The lowest BCUT2D eigenvalue weighted by Crippen LogP contribution is -2.18. The fourth-order valence-electron chi connectivity index (χ4n) is 0.513. The van der Waals surface area contributed by atoms with Crippen LogP contribution < -0.4 is 0 Å². The molecule has 0 saturated heterocycles. The van der Waals surface area contributed by atoms with Crippen LogP contribution in [0.1, 0.15) is 6.92 Å². The summed E-state index contributed by atoms with van der Waals surface area (Å²) in [6, 6.07) is 0. The van der Waals surface area contributed by atoms with Crippen molar-refractivity contribution in [2.24, 2.45) is 0 Å². The number of carbonyl (C=O) groups excluding carboxylic acids is 1. The average molecular weight is 194 g/mol. The Labute approximate surface area is 73.7 Å². The van der Waals surface area contributed by atoms with E-state index in [0.29, 0.717) is 0 Å². The smallest absolute Gasteiger partial charge is 0.416 e. The molecule has 0 aliphatic rings. The second-order valence-electron chi connectivity index (χ2n) is 2.18. The lowest BCUT2D eigenvalue weighted by Gasteiger charge is -2.11. The molecular weight excluding hydrogens is 185 g/mol. The molecule has 0 aliphatic heterocycles. The van der Waals surface area contributed by atoms with E-state index in [2.05, 4.69) is 17.9 Å². The molecule has 2 nitrogen and oxygen atoms in total. The summed E-state index contributed by atoms with van der Waals surface area (Å²) in [7, 11) is 0. The Kier molecular flexibility index (Phi) is 3.71. The summed E-state index contributed by atoms with van der Waals surface area (Å²) in [5.74, 6) is -1.09. The lowest BCUT2D eigenvalue weighted by atomic mass is 10.1. The van der Waals surface area contributed by atoms with Crippen molar-refractivity contribution in [1.29, 1.82) is 0 Å². The monoisotopic (exact) mass is 194 g/mol. The zero-order chi connectivity index (χ0) is 10.6. The molecule has 0 fully saturated rings. The highest BCUT2D eigenvalue weighted by Crippen LogP contribution is 2.29. The molecule has 0 aromatic carbocycles. The van der Waals surface area contributed by atoms with Crippen LogP contribution in [0.5, 0.6) is 0 Å². The van der Waals surface area contributed by atoms with Crippen LogP contribution in [0, 0.1) is 0 Å². The predicted molar refractivity (Wildman–Crippen MR) is 41.0 cm³/mol. The fourth-order valence-corrected chi connectivity index (χ4v) is 0.513. The molecule has 0 atom stereocenters. The van der Waals surface area contributed by atoms with Gasteiger partial charge in [0.25, 0.3) is 0 Å². The normalized spacial score (nSPS) is 10.8. The van der Waals surface area contributed by atoms with E-state index in [1.807, 2.05) is 0 Å². The maximum absolute atomic E-state index is 11.9. The third kappa shape index (κ3) is 3.31. The third-order valence-corrected chi connectivity index (χ3v) is 1.23. The molecule has 0 rings (SSSR count). The lowest BCUT2D eigenvalue weighted by molar-refractivity contribution is -0.140. The Hall–Kier alpha value is -1.26. The summed E-state index contributed by atoms with van der Waals surface area (Å²) < 4.78 is 40.1. The Balaban J connectivity index is 4.45. The maximum Gasteiger partial charge on any atom is 0.416 e. The third-order valence-electron chi connectivity index (χ3n) is 1.23. The molecule has 0 aromatic rings. The van der Waals surface area contributed by atoms with Crippen LogP contribution in [0.15, 0.2) is 24.3 Å². The van der Waals surface area contributed by atoms with E-state index in [9.17, 15) is 18.0 Å². The molecule has 0 N–H and O–H groups in total. The van der Waals surface area contributed by atoms with Gasteiger partial charge in [-0.1, -0.05) is 13.2 Å². The average Bonchev–Trinajstić information content (AvgIpc) is 2.00. The van der Waals surface area contributed by atoms with Crippen molar-refractivity contribution < 1.29 is 22.7 Å². The number of hydrogen-bond donors (Lipinski definition) is 0. The minimum Gasteiger partial charge on any atom is -0.462 e. The van der Waals surface area contributed by atoms with Gasteiger partial charge < -0.3 is 4.74 Å². The minimum atomic E-state index is -4.64. The number of carbonyl (C=O) groups is 1. The van der Waals surface area contributed by atoms with Crippen LogP contribution in [0.4, 0.5) is 13.2 Å². The number of esters is 1. The molecule has 0 heterocycles. The molecule has 0 radical (unpaired) electrons. The number of hydrogen-bond acceptors (Lipinski definition) is 2. The van der Waals surface area contributed by atoms with E-state index >= 15 is 0 Å². The van der Waals surface area contributed by atoms with Crippen molar-refractivity contribution >= 4 is 5.97 Å². The van der Waals surface area contributed by atoms with Crippen molar-refractivity contribution in [2.45, 2.75) is 13.1 Å². The Bertz CT molecular complexity index is 240. The number of rotatable bonds is 3. The van der Waals surface area contributed by atoms with Gasteiger partial charge in [0.05, 0.1) is 17.8 Å². The van der Waals surface area contributed by atoms with E-state index in [0.717, 1.165) is 0 Å². The Morgan fingerprint density at radius 2 is 1.85 bits per heavy atom. The van der Waals surface area contributed by atoms with Crippen LogP contribution in [0.25, 0.3) is 0 Å². The molecule has 0 aliphatic carbocycles. The second-order valence-corrected chi connectivity index (χ2v) is 2.18. The first-order chi connectivity index (χ1) is 5.80. The van der Waals surface area contributed by atoms with Crippen molar-refractivity contribution in [2.75, 3.05) is 6.61 Å². The van der Waals surface area contributed by atoms with E-state index in [4.69, 9.17) is 0 Å². The van der Waals surface area contributed by atoms with Crippen molar-refractivity contribution in [3.63, 3.8) is 0 Å². The van der Waals surface area contributed by atoms with Gasteiger partial charge in [-0.2, -0.15) is 13.2 Å². The van der Waals surface area contributed by atoms with Gasteiger partial charge in [0.1, 0.15) is 0 Å². The van der Waals surface area contributed by atoms with Gasteiger partial charge in [-0.15, -0.1) is 0 Å². The van der Waals surface area contributed by atoms with Crippen LogP contribution in [-0.2, 0) is 9.53 Å². The van der Waals surface area contributed by atoms with E-state index in [-0.39, 0.29) is 6.61 Å². The molecule has 0 spiro atoms. The molecule has 74 valence electrons. The van der Waals surface area contributed by atoms with Gasteiger partial charge in [0, 0.05) is 0 Å². The fraction of sp³-hybridized carbons (Fsp3) is 0.375. The number of ether oxygens (including phenoxy) is 1. The summed E-state index contributed by atoms with van der Waals surface area (Å²) >= 11 is 0. The molecule has 5 heteroatoms. The highest BCUT2D eigenvalue weighted by molar-refractivity contribution is 5.92. The highest BCUT2D eigenvalue weighted by atomic mass is 19.4. The van der Waals surface area contributed by atoms with Gasteiger partial charge in [0.2, 0.25) is 0 Å². The highest BCUT2D eigenvalue weighted by Gasteiger charge is 2.36. The molecule has 0 unspecified atom stereocenters. The summed E-state index contributed by atoms with van der Waals surface area (Å²) in [5, 5.41) is 0. The molecule has 0 amide bonds. The minimum absolute atomic E-state index is 0.00297. The molecule has 0 saturated carbocycles. The predicted octanol–water partition coefficient (Wildman–Crippen LogP) is 2.22. The van der Waals surface area contributed by atoms with Gasteiger partial charge in [0.15, 0.2) is 0 Å². The van der Waals surface area contributed by atoms with Crippen LogP contribution in [0.2, 0.25) is 0 Å². The Morgan fingerprint density at radius 1 is 1.38 bits per heavy atom. The topological polar surface area (TPSA) is 26.3 Å². The second kappa shape index (κ2) is 4.11. The zero-order valence-corrected chi connectivity index (χ0v) is 7.07. The maximum atomic E-state index is 11.9. The number of halogens is 3. The molecule has 13 heavy (non-hydrogen) atoms. The van der Waals surface area contributed by atoms with Gasteiger partial charge in [-0.05, 0) is 6.92 Å². The van der Waals surface area contributed by atoms with Gasteiger partial charge in [-0.25, -0.2) is 4.79 Å². The van der Waals surface area contributed by atoms with Crippen LogP contribution in [-0.4, -0.2) is 18.8 Å². The van der Waals surface area contributed by atoms with Crippen molar-refractivity contribution in [3.8, 4) is 0 Å². The van der Waals surface area contributed by atoms with Crippen LogP contribution >= 0.6 is 0 Å². The summed E-state index contributed by atoms with van der Waals surface area (Å²) in [6.45, 7) is 7.14. The zero-order valence-electron chi connectivity index (χ0n) is 7.07. The van der Waals surface area contributed by atoms with E-state index in [1.165, 1.54) is 6.92 Å². The van der Waals surface area contributed by atoms with Crippen molar-refractivity contribution in [1.82, 2.24) is 0 Å². The van der Waals surface area contributed by atoms with Gasteiger partial charge >= 0.3 is 12.1 Å². The van der Waals surface area contributed by atoms with Gasteiger partial charge in [-0.3, -0.25) is 0 Å². The largest absolute Gasteiger partial charge is 0.462 e. The van der Waals surface area contributed by atoms with Crippen molar-refractivity contribution in [3.05, 3.63) is 24.3 Å². The summed E-state index contributed by atoms with van der Waals surface area (Å²) in [4.78, 5) is 10.7. The quantitative estimate of drug-likeness (QED) is 0.391. The van der Waals surface area contributed by atoms with E-state index in [1.54, 1.807) is 0 Å². The van der Waals surface area contributed by atoms with E-state index < -0.39 is 23.3 Å². The summed E-state index contributed by atoms with van der Waals surface area (Å²) in [6.07, 6.45) is -4.64. The molecular formula is C8H9F3O2. The molecule has 0 bridgehead atoms. The SMILES string of the molecule is C=C(C(=C)C(F)(F)F)C(=O)OCC. The number of alkyl halides is 3. The first-order valence-corrected chi connectivity index (χ1v) is 3.43. The molecule has 0 aromatic heterocycles.